The molecule has 0 bridgehead atoms. The molecule has 7 nitrogen and oxygen atoms in total. The fourth-order valence-electron chi connectivity index (χ4n) is 1.96. The van der Waals surface area contributed by atoms with E-state index in [1.54, 1.807) is 12.1 Å². The molecule has 0 aromatic heterocycles. The molecule has 0 saturated carbocycles. The number of carbonyl (C=O) groups excluding carboxylic acids is 2. The summed E-state index contributed by atoms with van der Waals surface area (Å²) < 4.78 is 10.1. The largest absolute Gasteiger partial charge is 0.497 e. The Morgan fingerprint density at radius 2 is 1.78 bits per heavy atom. The Balaban J connectivity index is 2.39. The summed E-state index contributed by atoms with van der Waals surface area (Å²) in [6.45, 7) is 1.34. The third-order valence-corrected chi connectivity index (χ3v) is 3.09. The van der Waals surface area contributed by atoms with Crippen LogP contribution in [0.15, 0.2) is 42.5 Å². The van der Waals surface area contributed by atoms with Crippen LogP contribution in [0.4, 0.5) is 5.69 Å². The molecule has 118 valence electrons. The molecule has 0 N–H and O–H groups in total. The average molecular weight is 315 g/mol. The van der Waals surface area contributed by atoms with Gasteiger partial charge in [-0.05, 0) is 31.2 Å². The minimum Gasteiger partial charge on any atom is -0.497 e. The van der Waals surface area contributed by atoms with Crippen molar-refractivity contribution in [3.63, 3.8) is 0 Å². The van der Waals surface area contributed by atoms with Crippen LogP contribution in [0.25, 0.3) is 0 Å². The minimum absolute atomic E-state index is 0.0510. The van der Waals surface area contributed by atoms with Crippen LogP contribution >= 0.6 is 0 Å². The number of hydrogen-bond acceptors (Lipinski definition) is 6. The van der Waals surface area contributed by atoms with E-state index in [1.165, 1.54) is 38.3 Å². The number of nitro benzene ring substituents is 1. The maximum absolute atomic E-state index is 12.2. The quantitative estimate of drug-likeness (QED) is 0.277. The third-order valence-electron chi connectivity index (χ3n) is 3.09. The number of rotatable bonds is 5. The topological polar surface area (TPSA) is 95.7 Å². The van der Waals surface area contributed by atoms with Crippen molar-refractivity contribution in [2.75, 3.05) is 7.11 Å². The van der Waals surface area contributed by atoms with E-state index in [-0.39, 0.29) is 28.4 Å². The van der Waals surface area contributed by atoms with Crippen LogP contribution in [0.1, 0.15) is 27.6 Å². The Bertz CT molecular complexity index is 784. The molecule has 0 spiro atoms. The van der Waals surface area contributed by atoms with Crippen molar-refractivity contribution in [1.29, 1.82) is 0 Å². The zero-order valence-corrected chi connectivity index (χ0v) is 12.4. The molecule has 0 fully saturated rings. The van der Waals surface area contributed by atoms with E-state index in [0.29, 0.717) is 0 Å². The molecule has 2 aromatic carbocycles. The maximum Gasteiger partial charge on any atom is 0.350 e. The van der Waals surface area contributed by atoms with Crippen molar-refractivity contribution < 1.29 is 24.0 Å². The molecule has 2 aromatic rings. The van der Waals surface area contributed by atoms with E-state index < -0.39 is 16.6 Å². The number of esters is 1. The number of methoxy groups -OCH3 is 1. The van der Waals surface area contributed by atoms with Gasteiger partial charge in [-0.25, -0.2) is 4.79 Å². The van der Waals surface area contributed by atoms with Crippen LogP contribution in [-0.2, 0) is 0 Å². The summed E-state index contributed by atoms with van der Waals surface area (Å²) in [4.78, 5) is 34.2. The normalized spacial score (nSPS) is 10.0. The van der Waals surface area contributed by atoms with Gasteiger partial charge in [0.1, 0.15) is 17.1 Å². The zero-order chi connectivity index (χ0) is 17.0. The van der Waals surface area contributed by atoms with Crippen LogP contribution < -0.4 is 9.47 Å². The highest BCUT2D eigenvalue weighted by atomic mass is 16.6. The molecule has 0 amide bonds. The SMILES string of the molecule is COc1ccc(C(=O)Oc2ccccc2C(C)=O)c([N+](=O)[O-])c1. The number of ether oxygens (including phenoxy) is 2. The summed E-state index contributed by atoms with van der Waals surface area (Å²) in [6.07, 6.45) is 0. The molecular formula is C16H13NO6. The fourth-order valence-corrected chi connectivity index (χ4v) is 1.96. The Morgan fingerprint density at radius 1 is 1.09 bits per heavy atom. The van der Waals surface area contributed by atoms with Gasteiger partial charge in [0.2, 0.25) is 0 Å². The Morgan fingerprint density at radius 3 is 2.39 bits per heavy atom. The maximum atomic E-state index is 12.2. The minimum atomic E-state index is -0.923. The van der Waals surface area contributed by atoms with Gasteiger partial charge >= 0.3 is 5.97 Å². The Hall–Kier alpha value is -3.22. The molecule has 0 atom stereocenters. The second kappa shape index (κ2) is 6.69. The third kappa shape index (κ3) is 3.52. The Labute approximate surface area is 131 Å². The number of nitro groups is 1. The smallest absolute Gasteiger partial charge is 0.350 e. The van der Waals surface area contributed by atoms with Gasteiger partial charge in [0.15, 0.2) is 5.78 Å². The zero-order valence-electron chi connectivity index (χ0n) is 12.4. The summed E-state index contributed by atoms with van der Waals surface area (Å²) in [7, 11) is 1.36. The number of benzene rings is 2. The first-order valence-electron chi connectivity index (χ1n) is 6.58. The van der Waals surface area contributed by atoms with Crippen molar-refractivity contribution in [1.82, 2.24) is 0 Å². The van der Waals surface area contributed by atoms with Crippen molar-refractivity contribution in [3.05, 3.63) is 63.7 Å². The molecule has 7 heteroatoms. The first kappa shape index (κ1) is 16.2. The molecular weight excluding hydrogens is 302 g/mol. The van der Waals surface area contributed by atoms with E-state index in [9.17, 15) is 19.7 Å². The van der Waals surface area contributed by atoms with Gasteiger partial charge in [-0.3, -0.25) is 14.9 Å². The molecule has 0 radical (unpaired) electrons. The van der Waals surface area contributed by atoms with E-state index >= 15 is 0 Å². The molecule has 0 heterocycles. The lowest BCUT2D eigenvalue weighted by atomic mass is 10.1. The number of para-hydroxylation sites is 1. The van der Waals surface area contributed by atoms with Gasteiger partial charge in [-0.1, -0.05) is 12.1 Å². The highest BCUT2D eigenvalue weighted by Crippen LogP contribution is 2.27. The number of Topliss-reactive ketones (excluding diaryl/α,β-unsaturated/α-hetero) is 1. The first-order chi connectivity index (χ1) is 10.9. The number of ketones is 1. The van der Waals surface area contributed by atoms with Crippen molar-refractivity contribution >= 4 is 17.4 Å². The lowest BCUT2D eigenvalue weighted by Gasteiger charge is -2.09. The first-order valence-corrected chi connectivity index (χ1v) is 6.58. The molecule has 0 unspecified atom stereocenters. The van der Waals surface area contributed by atoms with Crippen molar-refractivity contribution in [2.24, 2.45) is 0 Å². The Kier molecular flexibility index (Phi) is 4.70. The second-order valence-electron chi connectivity index (χ2n) is 4.58. The molecule has 2 rings (SSSR count). The molecule has 0 aliphatic heterocycles. The highest BCUT2D eigenvalue weighted by Gasteiger charge is 2.24. The number of nitrogens with zero attached hydrogens (tertiary/aromatic N) is 1. The van der Waals surface area contributed by atoms with Crippen LogP contribution in [-0.4, -0.2) is 23.8 Å². The second-order valence-corrected chi connectivity index (χ2v) is 4.58. The van der Waals surface area contributed by atoms with Gasteiger partial charge < -0.3 is 9.47 Å². The monoisotopic (exact) mass is 315 g/mol. The molecule has 23 heavy (non-hydrogen) atoms. The van der Waals surface area contributed by atoms with Gasteiger partial charge in [-0.15, -0.1) is 0 Å². The molecule has 0 aliphatic rings. The van der Waals surface area contributed by atoms with Gasteiger partial charge in [0.05, 0.1) is 23.7 Å². The average Bonchev–Trinajstić information content (AvgIpc) is 2.54. The number of carbonyl (C=O) groups is 2. The molecule has 0 saturated heterocycles. The highest BCUT2D eigenvalue weighted by molar-refractivity contribution is 6.00. The van der Waals surface area contributed by atoms with Crippen LogP contribution in [0.3, 0.4) is 0 Å². The predicted octanol–water partition coefficient (Wildman–Crippen LogP) is 3.03. The van der Waals surface area contributed by atoms with Gasteiger partial charge in [-0.2, -0.15) is 0 Å². The lowest BCUT2D eigenvalue weighted by Crippen LogP contribution is -2.13. The predicted molar refractivity (Wildman–Crippen MR) is 81.1 cm³/mol. The van der Waals surface area contributed by atoms with E-state index in [1.807, 2.05) is 0 Å². The summed E-state index contributed by atoms with van der Waals surface area (Å²) >= 11 is 0. The standard InChI is InChI=1S/C16H13NO6/c1-10(18)12-5-3-4-6-15(12)23-16(19)13-8-7-11(22-2)9-14(13)17(20)21/h3-9H,1-2H3. The van der Waals surface area contributed by atoms with Crippen LogP contribution in [0.5, 0.6) is 11.5 Å². The van der Waals surface area contributed by atoms with E-state index in [2.05, 4.69) is 0 Å². The van der Waals surface area contributed by atoms with Crippen LogP contribution in [0.2, 0.25) is 0 Å². The molecule has 0 aliphatic carbocycles. The van der Waals surface area contributed by atoms with E-state index in [0.717, 1.165) is 6.07 Å². The van der Waals surface area contributed by atoms with Crippen LogP contribution in [0, 0.1) is 10.1 Å². The summed E-state index contributed by atoms with van der Waals surface area (Å²) in [5, 5.41) is 11.1. The number of hydrogen-bond donors (Lipinski definition) is 0. The summed E-state index contributed by atoms with van der Waals surface area (Å²) in [5.74, 6) is -0.904. The van der Waals surface area contributed by atoms with Crippen molar-refractivity contribution in [2.45, 2.75) is 6.92 Å². The van der Waals surface area contributed by atoms with E-state index in [4.69, 9.17) is 9.47 Å². The summed E-state index contributed by atoms with van der Waals surface area (Å²) in [6, 6.07) is 9.97. The fraction of sp³-hybridized carbons (Fsp3) is 0.125. The van der Waals surface area contributed by atoms with Crippen molar-refractivity contribution in [3.8, 4) is 11.5 Å². The van der Waals surface area contributed by atoms with Gasteiger partial charge in [0, 0.05) is 0 Å². The summed E-state index contributed by atoms with van der Waals surface area (Å²) in [5.41, 5.74) is -0.444. The lowest BCUT2D eigenvalue weighted by molar-refractivity contribution is -0.385. The van der Waals surface area contributed by atoms with Gasteiger partial charge in [0.25, 0.3) is 5.69 Å².